The summed E-state index contributed by atoms with van der Waals surface area (Å²) >= 11 is -2.60. The summed E-state index contributed by atoms with van der Waals surface area (Å²) in [5.41, 5.74) is 1.23. The number of halogens is 2. The van der Waals surface area contributed by atoms with Gasteiger partial charge in [0.1, 0.15) is 0 Å². The molecule has 0 saturated heterocycles. The number of nitrogens with one attached hydrogen (secondary N) is 1. The van der Waals surface area contributed by atoms with Gasteiger partial charge in [0, 0.05) is 0 Å². The van der Waals surface area contributed by atoms with Crippen LogP contribution in [0.4, 0.5) is 0 Å². The summed E-state index contributed by atoms with van der Waals surface area (Å²) in [5, 5.41) is 1.30. The van der Waals surface area contributed by atoms with Crippen LogP contribution in [0.5, 0.6) is 0 Å². The molecule has 1 atom stereocenters. The van der Waals surface area contributed by atoms with Crippen LogP contribution in [-0.2, 0) is 16.1 Å². The van der Waals surface area contributed by atoms with Crippen LogP contribution in [0.2, 0.25) is 3.72 Å². The Morgan fingerprint density at radius 2 is 1.82 bits per heavy atom. The summed E-state index contributed by atoms with van der Waals surface area (Å²) in [6, 6.07) is 10.9. The Bertz CT molecular complexity index is 730. The summed E-state index contributed by atoms with van der Waals surface area (Å²) in [6.07, 6.45) is 7.84. The molecule has 119 valence electrons. The first-order valence-electron chi connectivity index (χ1n) is 7.23. The summed E-state index contributed by atoms with van der Waals surface area (Å²) < 4.78 is 3.20. The first kappa shape index (κ1) is 19.5. The van der Waals surface area contributed by atoms with Crippen LogP contribution in [0.25, 0.3) is 10.9 Å². The first-order valence-corrected chi connectivity index (χ1v) is 10.7. The van der Waals surface area contributed by atoms with E-state index in [9.17, 15) is 0 Å². The summed E-state index contributed by atoms with van der Waals surface area (Å²) in [4.78, 5) is 8.51. The molecule has 0 saturated carbocycles. The van der Waals surface area contributed by atoms with E-state index in [1.165, 1.54) is 14.9 Å². The van der Waals surface area contributed by atoms with Crippen LogP contribution in [-0.4, -0.2) is 9.80 Å². The van der Waals surface area contributed by atoms with Gasteiger partial charge < -0.3 is 0 Å². The van der Waals surface area contributed by atoms with E-state index >= 15 is 0 Å². The van der Waals surface area contributed by atoms with Crippen molar-refractivity contribution < 1.29 is 16.1 Å². The number of para-hydroxylation sites is 1. The average molecular weight is 373 g/mol. The van der Waals surface area contributed by atoms with Crippen LogP contribution >= 0.6 is 24.8 Å². The molecule has 1 nitrogen and oxygen atoms in total. The summed E-state index contributed by atoms with van der Waals surface area (Å²) in [5.74, 6) is 0. The molecule has 0 amide bonds. The number of aromatic amines is 1. The van der Waals surface area contributed by atoms with E-state index in [1.807, 2.05) is 0 Å². The van der Waals surface area contributed by atoms with Crippen molar-refractivity contribution in [2.75, 3.05) is 0 Å². The number of hydrogen-bond acceptors (Lipinski definition) is 0. The Morgan fingerprint density at radius 1 is 1.14 bits per heavy atom. The standard InChI is InChI=1S/C8H6N.C5H5.C4H9.CH2.2ClH.Ti/c1-2-4-8-7(3-1)5-6-9-8;1-2-4-5-3-1;1-4(2)3;;;;/h1-5,9H;1-3H,4H2;1-3H3;1H2;2*1H;. The van der Waals surface area contributed by atoms with Crippen LogP contribution in [0.3, 0.4) is 0 Å². The van der Waals surface area contributed by atoms with E-state index in [4.69, 9.17) is 4.82 Å². The second-order valence-corrected chi connectivity index (χ2v) is 13.8. The topological polar surface area (TPSA) is 15.8 Å². The van der Waals surface area contributed by atoms with E-state index in [1.54, 1.807) is 3.88 Å². The Kier molecular flexibility index (Phi) is 6.09. The van der Waals surface area contributed by atoms with E-state index in [2.05, 4.69) is 74.3 Å². The van der Waals surface area contributed by atoms with Crippen molar-refractivity contribution in [1.82, 2.24) is 4.98 Å². The predicted molar refractivity (Wildman–Crippen MR) is 101 cm³/mol. The van der Waals surface area contributed by atoms with E-state index in [-0.39, 0.29) is 28.5 Å². The first-order chi connectivity index (χ1) is 9.43. The van der Waals surface area contributed by atoms with Gasteiger partial charge in [-0.25, -0.2) is 0 Å². The van der Waals surface area contributed by atoms with Gasteiger partial charge in [-0.15, -0.1) is 24.8 Å². The predicted octanol–water partition coefficient (Wildman–Crippen LogP) is 5.28. The van der Waals surface area contributed by atoms with Crippen molar-refractivity contribution in [2.45, 2.75) is 30.9 Å². The van der Waals surface area contributed by atoms with Crippen LogP contribution in [0, 0.1) is 0 Å². The van der Waals surface area contributed by atoms with Gasteiger partial charge in [0.2, 0.25) is 0 Å². The van der Waals surface area contributed by atoms with Gasteiger partial charge in [-0.1, -0.05) is 0 Å². The number of H-pyrrole nitrogens is 1. The van der Waals surface area contributed by atoms with E-state index < -0.39 is 16.1 Å². The molecule has 1 N–H and O–H groups in total. The molecule has 1 unspecified atom stereocenters. The minimum absolute atomic E-state index is 0. The molecule has 22 heavy (non-hydrogen) atoms. The number of allylic oxidation sites excluding steroid dienone is 4. The summed E-state index contributed by atoms with van der Waals surface area (Å²) in [7, 11) is 0. The van der Waals surface area contributed by atoms with Crippen molar-refractivity contribution in [3.8, 4) is 0 Å². The van der Waals surface area contributed by atoms with Gasteiger partial charge in [0.25, 0.3) is 0 Å². The zero-order valence-electron chi connectivity index (χ0n) is 13.3. The Labute approximate surface area is 148 Å². The fourth-order valence-corrected chi connectivity index (χ4v) is 8.93. The third kappa shape index (κ3) is 3.05. The van der Waals surface area contributed by atoms with Crippen LogP contribution < -0.4 is 4.00 Å². The zero-order valence-corrected chi connectivity index (χ0v) is 16.5. The third-order valence-corrected chi connectivity index (χ3v) is 12.7. The Morgan fingerprint density at radius 3 is 2.36 bits per heavy atom. The van der Waals surface area contributed by atoms with Crippen molar-refractivity contribution >= 4 is 44.5 Å². The maximum absolute atomic E-state index is 4.84. The van der Waals surface area contributed by atoms with Crippen molar-refractivity contribution in [3.05, 3.63) is 52.4 Å². The van der Waals surface area contributed by atoms with E-state index in [0.29, 0.717) is 0 Å². The molecule has 1 aliphatic rings. The van der Waals surface area contributed by atoms with E-state index in [0.717, 1.165) is 6.42 Å². The zero-order chi connectivity index (χ0) is 14.4. The van der Waals surface area contributed by atoms with Crippen LogP contribution in [0.15, 0.2) is 52.4 Å². The Hall–Kier alpha value is -0.596. The normalized spacial score (nSPS) is 16.6. The van der Waals surface area contributed by atoms with Gasteiger partial charge >= 0.3 is 124 Å². The minimum atomic E-state index is -2.60. The Balaban J connectivity index is 0.00000121. The van der Waals surface area contributed by atoms with Crippen molar-refractivity contribution in [2.24, 2.45) is 0 Å². The fourth-order valence-electron chi connectivity index (χ4n) is 3.13. The molecular formula is C18H24Cl2NTi. The van der Waals surface area contributed by atoms with Gasteiger partial charge in [-0.05, 0) is 0 Å². The second kappa shape index (κ2) is 6.89. The van der Waals surface area contributed by atoms with Crippen molar-refractivity contribution in [1.29, 1.82) is 0 Å². The molecule has 1 aliphatic carbocycles. The van der Waals surface area contributed by atoms with Crippen LogP contribution in [0.1, 0.15) is 27.2 Å². The molecule has 1 heterocycles. The van der Waals surface area contributed by atoms with Gasteiger partial charge in [-0.2, -0.15) is 0 Å². The molecule has 0 bridgehead atoms. The number of hydrogen-bond donors (Lipinski definition) is 1. The molecule has 1 aromatic heterocycles. The molecule has 3 rings (SSSR count). The molecule has 2 aromatic rings. The molecule has 0 spiro atoms. The molecule has 0 aliphatic heterocycles. The molecular weight excluding hydrogens is 349 g/mol. The van der Waals surface area contributed by atoms with Gasteiger partial charge in [-0.3, -0.25) is 0 Å². The molecule has 1 aromatic carbocycles. The number of rotatable bonds is 2. The van der Waals surface area contributed by atoms with Gasteiger partial charge in [0.05, 0.1) is 0 Å². The quantitative estimate of drug-likeness (QED) is 0.689. The average Bonchev–Trinajstić information content (AvgIpc) is 3.05. The van der Waals surface area contributed by atoms with Gasteiger partial charge in [0.15, 0.2) is 0 Å². The fraction of sp³-hybridized carbons (Fsp3) is 0.278. The molecule has 0 fully saturated rings. The summed E-state index contributed by atoms with van der Waals surface area (Å²) in [6.45, 7) is 7.06. The SMILES string of the molecule is Cl.Cl.[CH2]=[Ti]([C]1=CC=CC1)([c]1cc2ccccc2[nH]1)[C](C)(C)C. The number of benzene rings is 1. The third-order valence-electron chi connectivity index (χ3n) is 4.59. The monoisotopic (exact) mass is 372 g/mol. The maximum atomic E-state index is 4.84. The van der Waals surface area contributed by atoms with Crippen molar-refractivity contribution in [3.63, 3.8) is 0 Å². The number of aromatic nitrogens is 1. The molecule has 0 radical (unpaired) electrons. The number of fused-ring (bicyclic) bond motifs is 1. The molecule has 4 heteroatoms. The second-order valence-electron chi connectivity index (χ2n) is 6.75.